The predicted octanol–water partition coefficient (Wildman–Crippen LogP) is 4.00. The Balaban J connectivity index is 1.92. The van der Waals surface area contributed by atoms with E-state index < -0.39 is 5.97 Å². The number of halogens is 1. The van der Waals surface area contributed by atoms with Gasteiger partial charge in [0.05, 0.1) is 23.7 Å². The van der Waals surface area contributed by atoms with Crippen molar-refractivity contribution in [3.63, 3.8) is 0 Å². The molecule has 0 saturated heterocycles. The van der Waals surface area contributed by atoms with Gasteiger partial charge in [0.1, 0.15) is 22.6 Å². The maximum atomic E-state index is 11.0. The molecule has 0 amide bonds. The fourth-order valence-electron chi connectivity index (χ4n) is 3.26. The molecule has 2 N–H and O–H groups in total. The maximum absolute atomic E-state index is 11.0. The number of nitrogens with one attached hydrogen (secondary N) is 1. The molecule has 0 aliphatic rings. The number of aromatic nitrogens is 4. The molecule has 0 fully saturated rings. The van der Waals surface area contributed by atoms with Crippen molar-refractivity contribution >= 4 is 34.4 Å². The van der Waals surface area contributed by atoms with Gasteiger partial charge in [-0.05, 0) is 31.0 Å². The quantitative estimate of drug-likeness (QED) is 0.500. The number of carbonyl (C=O) groups is 1. The Morgan fingerprint density at radius 2 is 2.07 bits per heavy atom. The van der Waals surface area contributed by atoms with Crippen molar-refractivity contribution in [3.8, 4) is 5.75 Å². The van der Waals surface area contributed by atoms with E-state index in [0.29, 0.717) is 35.6 Å². The summed E-state index contributed by atoms with van der Waals surface area (Å²) >= 11 is 6.30. The molecular formula is C21H26ClN5O3. The summed E-state index contributed by atoms with van der Waals surface area (Å²) in [4.78, 5) is 20.2. The highest BCUT2D eigenvalue weighted by atomic mass is 35.5. The van der Waals surface area contributed by atoms with Gasteiger partial charge >= 0.3 is 5.97 Å². The van der Waals surface area contributed by atoms with Gasteiger partial charge < -0.3 is 15.2 Å². The molecule has 0 radical (unpaired) electrons. The van der Waals surface area contributed by atoms with Gasteiger partial charge in [-0.2, -0.15) is 5.10 Å². The summed E-state index contributed by atoms with van der Waals surface area (Å²) in [6.07, 6.45) is 1.97. The molecule has 0 aliphatic carbocycles. The molecule has 3 rings (SSSR count). The molecule has 0 bridgehead atoms. The van der Waals surface area contributed by atoms with Crippen LogP contribution < -0.4 is 10.1 Å². The van der Waals surface area contributed by atoms with Crippen molar-refractivity contribution in [3.05, 3.63) is 40.3 Å². The third-order valence-corrected chi connectivity index (χ3v) is 4.90. The Labute approximate surface area is 180 Å². The zero-order valence-electron chi connectivity index (χ0n) is 17.4. The third-order valence-electron chi connectivity index (χ3n) is 4.60. The molecule has 0 unspecified atom stereocenters. The van der Waals surface area contributed by atoms with E-state index in [1.165, 1.54) is 0 Å². The molecule has 8 nitrogen and oxygen atoms in total. The number of anilines is 1. The number of carboxylic acids is 1. The summed E-state index contributed by atoms with van der Waals surface area (Å²) in [7, 11) is 1.86. The number of hydrogen-bond donors (Lipinski definition) is 2. The van der Waals surface area contributed by atoms with Crippen LogP contribution in [-0.2, 0) is 31.2 Å². The van der Waals surface area contributed by atoms with E-state index in [4.69, 9.17) is 21.4 Å². The smallest absolute Gasteiger partial charge is 0.303 e. The summed E-state index contributed by atoms with van der Waals surface area (Å²) < 4.78 is 7.26. The molecule has 1 aromatic carbocycles. The number of benzene rings is 1. The largest absolute Gasteiger partial charge is 0.492 e. The molecule has 0 aliphatic heterocycles. The minimum absolute atomic E-state index is 0.0250. The van der Waals surface area contributed by atoms with Gasteiger partial charge in [-0.15, -0.1) is 0 Å². The first-order chi connectivity index (χ1) is 14.4. The number of aliphatic carboxylic acids is 1. The van der Waals surface area contributed by atoms with Crippen LogP contribution in [0.15, 0.2) is 18.2 Å². The van der Waals surface area contributed by atoms with Crippen molar-refractivity contribution < 1.29 is 14.6 Å². The number of nitrogens with zero attached hydrogens (tertiary/aromatic N) is 4. The van der Waals surface area contributed by atoms with E-state index in [9.17, 15) is 4.79 Å². The van der Waals surface area contributed by atoms with Crippen LogP contribution in [0.4, 0.5) is 5.82 Å². The van der Waals surface area contributed by atoms with Gasteiger partial charge in [-0.25, -0.2) is 9.97 Å². The van der Waals surface area contributed by atoms with E-state index >= 15 is 0 Å². The lowest BCUT2D eigenvalue weighted by molar-refractivity contribution is -0.137. The number of carboxylic acid groups (broad SMARTS) is 1. The van der Waals surface area contributed by atoms with Crippen molar-refractivity contribution in [2.24, 2.45) is 7.05 Å². The van der Waals surface area contributed by atoms with Gasteiger partial charge in [0.15, 0.2) is 5.82 Å². The molecule has 2 heterocycles. The number of hydrogen-bond acceptors (Lipinski definition) is 6. The lowest BCUT2D eigenvalue weighted by Crippen LogP contribution is -2.08. The standard InChI is InChI=1S/C21H26ClN5O3/c1-4-6-15-19-20(27(3)26-15)21(25-17(24-19)9-10-18(28)29)23-12-13-7-8-16(30-5-2)14(22)11-13/h7-8,11H,4-6,9-10,12H2,1-3H3,(H,28,29)(H,23,24,25). The minimum atomic E-state index is -0.878. The van der Waals surface area contributed by atoms with Crippen LogP contribution in [0.2, 0.25) is 5.02 Å². The molecule has 0 saturated carbocycles. The number of rotatable bonds is 10. The molecule has 0 atom stereocenters. The molecular weight excluding hydrogens is 406 g/mol. The molecule has 30 heavy (non-hydrogen) atoms. The molecule has 3 aromatic rings. The topological polar surface area (TPSA) is 102 Å². The van der Waals surface area contributed by atoms with Crippen LogP contribution >= 0.6 is 11.6 Å². The van der Waals surface area contributed by atoms with E-state index in [0.717, 1.165) is 35.1 Å². The van der Waals surface area contributed by atoms with Crippen molar-refractivity contribution in [1.82, 2.24) is 19.7 Å². The van der Waals surface area contributed by atoms with Gasteiger partial charge in [0.25, 0.3) is 0 Å². The summed E-state index contributed by atoms with van der Waals surface area (Å²) in [5.41, 5.74) is 3.43. The highest BCUT2D eigenvalue weighted by Gasteiger charge is 2.17. The Kier molecular flexibility index (Phi) is 7.10. The highest BCUT2D eigenvalue weighted by Crippen LogP contribution is 2.27. The van der Waals surface area contributed by atoms with Crippen molar-refractivity contribution in [2.45, 2.75) is 46.1 Å². The number of fused-ring (bicyclic) bond motifs is 1. The second-order valence-electron chi connectivity index (χ2n) is 6.95. The van der Waals surface area contributed by atoms with Crippen LogP contribution in [0.5, 0.6) is 5.75 Å². The van der Waals surface area contributed by atoms with E-state index in [1.54, 1.807) is 4.68 Å². The maximum Gasteiger partial charge on any atom is 0.303 e. The van der Waals surface area contributed by atoms with Crippen LogP contribution in [0, 0.1) is 0 Å². The van der Waals surface area contributed by atoms with Crippen molar-refractivity contribution in [2.75, 3.05) is 11.9 Å². The summed E-state index contributed by atoms with van der Waals surface area (Å²) in [6.45, 7) is 5.04. The van der Waals surface area contributed by atoms with Gasteiger partial charge in [-0.1, -0.05) is 31.0 Å². The first kappa shape index (κ1) is 21.8. The van der Waals surface area contributed by atoms with Gasteiger partial charge in [-0.3, -0.25) is 9.48 Å². The van der Waals surface area contributed by atoms with Gasteiger partial charge in [0.2, 0.25) is 0 Å². The summed E-state index contributed by atoms with van der Waals surface area (Å²) in [5.74, 6) is 0.890. The number of ether oxygens (including phenoxy) is 1. The van der Waals surface area contributed by atoms with Crippen LogP contribution in [0.25, 0.3) is 11.0 Å². The Morgan fingerprint density at radius 3 is 2.73 bits per heavy atom. The average Bonchev–Trinajstić information content (AvgIpc) is 3.02. The first-order valence-electron chi connectivity index (χ1n) is 10.0. The first-order valence-corrected chi connectivity index (χ1v) is 10.4. The molecule has 0 spiro atoms. The molecule has 2 aromatic heterocycles. The zero-order chi connectivity index (χ0) is 21.7. The SMILES string of the molecule is CCCc1nn(C)c2c(NCc3ccc(OCC)c(Cl)c3)nc(CCC(=O)O)nc12. The second-order valence-corrected chi connectivity index (χ2v) is 7.36. The molecule has 9 heteroatoms. The normalized spacial score (nSPS) is 11.1. The lowest BCUT2D eigenvalue weighted by Gasteiger charge is -2.11. The zero-order valence-corrected chi connectivity index (χ0v) is 18.2. The Hall–Kier alpha value is -2.87. The monoisotopic (exact) mass is 431 g/mol. The van der Waals surface area contributed by atoms with Crippen LogP contribution in [0.3, 0.4) is 0 Å². The average molecular weight is 432 g/mol. The lowest BCUT2D eigenvalue weighted by atomic mass is 10.2. The summed E-state index contributed by atoms with van der Waals surface area (Å²) in [6, 6.07) is 5.65. The minimum Gasteiger partial charge on any atom is -0.492 e. The predicted molar refractivity (Wildman–Crippen MR) is 116 cm³/mol. The second kappa shape index (κ2) is 9.75. The van der Waals surface area contributed by atoms with Crippen LogP contribution in [-0.4, -0.2) is 37.4 Å². The fraction of sp³-hybridized carbons (Fsp3) is 0.429. The van der Waals surface area contributed by atoms with E-state index in [-0.39, 0.29) is 12.8 Å². The van der Waals surface area contributed by atoms with E-state index in [2.05, 4.69) is 27.3 Å². The summed E-state index contributed by atoms with van der Waals surface area (Å²) in [5, 5.41) is 17.5. The van der Waals surface area contributed by atoms with Gasteiger partial charge in [0, 0.05) is 20.0 Å². The third kappa shape index (κ3) is 4.99. The Bertz CT molecular complexity index is 1050. The van der Waals surface area contributed by atoms with Crippen LogP contribution in [0.1, 0.15) is 43.8 Å². The Morgan fingerprint density at radius 1 is 1.27 bits per heavy atom. The van der Waals surface area contributed by atoms with Crippen molar-refractivity contribution in [1.29, 1.82) is 0 Å². The highest BCUT2D eigenvalue weighted by molar-refractivity contribution is 6.32. The van der Waals surface area contributed by atoms with E-state index in [1.807, 2.05) is 32.2 Å². The molecule has 160 valence electrons. The fourth-order valence-corrected chi connectivity index (χ4v) is 3.52. The number of aryl methyl sites for hydroxylation is 3.